The number of amides is 1. The highest BCUT2D eigenvalue weighted by Gasteiger charge is 2.50. The molecule has 1 saturated carbocycles. The highest BCUT2D eigenvalue weighted by molar-refractivity contribution is 5.92. The molecule has 4 N–H and O–H groups in total. The predicted octanol–water partition coefficient (Wildman–Crippen LogP) is 1.26. The minimum atomic E-state index is -0.838. The maximum atomic E-state index is 11.6. The summed E-state index contributed by atoms with van der Waals surface area (Å²) in [6.07, 6.45) is 4.31. The molecule has 19 heavy (non-hydrogen) atoms. The molecule has 1 aromatic rings. The Morgan fingerprint density at radius 2 is 1.95 bits per heavy atom. The highest BCUT2D eigenvalue weighted by Crippen LogP contribution is 2.45. The Kier molecular flexibility index (Phi) is 3.55. The number of carboxylic acid groups (broad SMARTS) is 1. The van der Waals surface area contributed by atoms with Gasteiger partial charge in [0.2, 0.25) is 5.91 Å². The van der Waals surface area contributed by atoms with E-state index in [0.717, 1.165) is 5.56 Å². The van der Waals surface area contributed by atoms with Crippen LogP contribution >= 0.6 is 0 Å². The SMILES string of the molecule is Nc1ccc(/C=C/C(=O)NCC2(C(=O)O)CC2)cc1. The van der Waals surface area contributed by atoms with Crippen LogP contribution in [-0.2, 0) is 9.59 Å². The van der Waals surface area contributed by atoms with Crippen molar-refractivity contribution in [2.24, 2.45) is 5.41 Å². The van der Waals surface area contributed by atoms with Crippen LogP contribution in [0, 0.1) is 5.41 Å². The second kappa shape index (κ2) is 5.14. The first kappa shape index (κ1) is 13.1. The molecule has 0 unspecified atom stereocenters. The zero-order valence-electron chi connectivity index (χ0n) is 10.4. The van der Waals surface area contributed by atoms with Gasteiger partial charge in [-0.1, -0.05) is 12.1 Å². The molecule has 2 rings (SSSR count). The summed E-state index contributed by atoms with van der Waals surface area (Å²) in [6.45, 7) is 0.188. The maximum absolute atomic E-state index is 11.6. The second-order valence-electron chi connectivity index (χ2n) is 4.80. The van der Waals surface area contributed by atoms with Crippen molar-refractivity contribution in [3.8, 4) is 0 Å². The molecule has 0 aromatic heterocycles. The molecule has 1 aliphatic rings. The van der Waals surface area contributed by atoms with Crippen LogP contribution in [0.15, 0.2) is 30.3 Å². The first-order chi connectivity index (χ1) is 9.02. The lowest BCUT2D eigenvalue weighted by molar-refractivity contribution is -0.143. The molecule has 1 fully saturated rings. The predicted molar refractivity (Wildman–Crippen MR) is 72.2 cm³/mol. The Bertz CT molecular complexity index is 516. The molecule has 0 radical (unpaired) electrons. The summed E-state index contributed by atoms with van der Waals surface area (Å²) >= 11 is 0. The number of nitrogens with one attached hydrogen (secondary N) is 1. The van der Waals surface area contributed by atoms with E-state index in [1.165, 1.54) is 6.08 Å². The van der Waals surface area contributed by atoms with Crippen LogP contribution in [0.1, 0.15) is 18.4 Å². The summed E-state index contributed by atoms with van der Waals surface area (Å²) < 4.78 is 0. The Morgan fingerprint density at radius 1 is 1.32 bits per heavy atom. The number of benzene rings is 1. The van der Waals surface area contributed by atoms with E-state index < -0.39 is 11.4 Å². The van der Waals surface area contributed by atoms with E-state index in [-0.39, 0.29) is 12.5 Å². The quantitative estimate of drug-likeness (QED) is 0.549. The highest BCUT2D eigenvalue weighted by atomic mass is 16.4. The van der Waals surface area contributed by atoms with Crippen LogP contribution in [0.4, 0.5) is 5.69 Å². The molecule has 5 nitrogen and oxygen atoms in total. The molecular weight excluding hydrogens is 244 g/mol. The standard InChI is InChI=1S/C14H16N2O3/c15-11-4-1-10(2-5-11)3-6-12(17)16-9-14(7-8-14)13(18)19/h1-6H,7-9,15H2,(H,16,17)(H,18,19)/b6-3+. The minimum absolute atomic E-state index is 0.188. The third-order valence-electron chi connectivity index (χ3n) is 3.27. The fourth-order valence-electron chi connectivity index (χ4n) is 1.71. The summed E-state index contributed by atoms with van der Waals surface area (Å²) in [5, 5.41) is 11.6. The van der Waals surface area contributed by atoms with Crippen molar-refractivity contribution < 1.29 is 14.7 Å². The smallest absolute Gasteiger partial charge is 0.311 e. The van der Waals surface area contributed by atoms with Gasteiger partial charge in [0.05, 0.1) is 5.41 Å². The Balaban J connectivity index is 1.84. The zero-order valence-corrected chi connectivity index (χ0v) is 10.4. The average Bonchev–Trinajstić information content (AvgIpc) is 3.17. The monoisotopic (exact) mass is 260 g/mol. The molecule has 5 heteroatoms. The van der Waals surface area contributed by atoms with Gasteiger partial charge in [-0.25, -0.2) is 0 Å². The first-order valence-corrected chi connectivity index (χ1v) is 6.07. The summed E-state index contributed by atoms with van der Waals surface area (Å²) in [6, 6.07) is 7.11. The molecular formula is C14H16N2O3. The minimum Gasteiger partial charge on any atom is -0.481 e. The summed E-state index contributed by atoms with van der Waals surface area (Å²) in [7, 11) is 0. The van der Waals surface area contributed by atoms with E-state index in [4.69, 9.17) is 10.8 Å². The third-order valence-corrected chi connectivity index (χ3v) is 3.27. The normalized spacial score (nSPS) is 16.2. The first-order valence-electron chi connectivity index (χ1n) is 6.07. The van der Waals surface area contributed by atoms with Gasteiger partial charge < -0.3 is 16.2 Å². The number of hydrogen-bond acceptors (Lipinski definition) is 3. The van der Waals surface area contributed by atoms with Gasteiger partial charge in [0, 0.05) is 18.3 Å². The topological polar surface area (TPSA) is 92.4 Å². The van der Waals surface area contributed by atoms with Crippen LogP contribution in [0.25, 0.3) is 6.08 Å². The Labute approximate surface area is 111 Å². The van der Waals surface area contributed by atoms with Crippen LogP contribution < -0.4 is 11.1 Å². The number of carbonyl (C=O) groups excluding carboxylic acids is 1. The van der Waals surface area contributed by atoms with Crippen molar-refractivity contribution in [1.82, 2.24) is 5.32 Å². The van der Waals surface area contributed by atoms with Crippen molar-refractivity contribution in [2.75, 3.05) is 12.3 Å². The van der Waals surface area contributed by atoms with Crippen molar-refractivity contribution >= 4 is 23.6 Å². The summed E-state index contributed by atoms with van der Waals surface area (Å²) in [5.41, 5.74) is 6.35. The lowest BCUT2D eigenvalue weighted by Gasteiger charge is -2.09. The molecule has 1 aliphatic carbocycles. The molecule has 0 saturated heterocycles. The third kappa shape index (κ3) is 3.34. The number of carbonyl (C=O) groups is 2. The number of aliphatic carboxylic acids is 1. The molecule has 0 aliphatic heterocycles. The van der Waals surface area contributed by atoms with Gasteiger partial charge in [-0.3, -0.25) is 9.59 Å². The van der Waals surface area contributed by atoms with Crippen LogP contribution in [-0.4, -0.2) is 23.5 Å². The van der Waals surface area contributed by atoms with E-state index in [9.17, 15) is 9.59 Å². The zero-order chi connectivity index (χ0) is 13.9. The molecule has 0 atom stereocenters. The van der Waals surface area contributed by atoms with Crippen LogP contribution in [0.3, 0.4) is 0 Å². The number of anilines is 1. The van der Waals surface area contributed by atoms with Crippen molar-refractivity contribution in [1.29, 1.82) is 0 Å². The molecule has 100 valence electrons. The van der Waals surface area contributed by atoms with E-state index >= 15 is 0 Å². The summed E-state index contributed by atoms with van der Waals surface area (Å²) in [4.78, 5) is 22.5. The Morgan fingerprint density at radius 3 is 2.47 bits per heavy atom. The fourth-order valence-corrected chi connectivity index (χ4v) is 1.71. The lowest BCUT2D eigenvalue weighted by atomic mass is 10.1. The van der Waals surface area contributed by atoms with Gasteiger partial charge in [0.25, 0.3) is 0 Å². The van der Waals surface area contributed by atoms with Crippen molar-refractivity contribution in [2.45, 2.75) is 12.8 Å². The maximum Gasteiger partial charge on any atom is 0.311 e. The second-order valence-corrected chi connectivity index (χ2v) is 4.80. The average molecular weight is 260 g/mol. The number of hydrogen-bond donors (Lipinski definition) is 3. The van der Waals surface area contributed by atoms with E-state index in [2.05, 4.69) is 5.32 Å². The lowest BCUT2D eigenvalue weighted by Crippen LogP contribution is -2.33. The summed E-state index contributed by atoms with van der Waals surface area (Å²) in [5.74, 6) is -1.13. The van der Waals surface area contributed by atoms with Gasteiger partial charge in [0.1, 0.15) is 0 Å². The molecule has 0 spiro atoms. The van der Waals surface area contributed by atoms with Gasteiger partial charge in [-0.2, -0.15) is 0 Å². The van der Waals surface area contributed by atoms with E-state index in [0.29, 0.717) is 18.5 Å². The number of nitrogen functional groups attached to an aromatic ring is 1. The molecule has 0 bridgehead atoms. The number of carboxylic acids is 1. The van der Waals surface area contributed by atoms with Crippen molar-refractivity contribution in [3.05, 3.63) is 35.9 Å². The fraction of sp³-hybridized carbons (Fsp3) is 0.286. The van der Waals surface area contributed by atoms with Gasteiger partial charge in [-0.05, 0) is 36.6 Å². The molecule has 1 amide bonds. The van der Waals surface area contributed by atoms with E-state index in [1.54, 1.807) is 30.3 Å². The van der Waals surface area contributed by atoms with E-state index in [1.807, 2.05) is 0 Å². The largest absolute Gasteiger partial charge is 0.481 e. The van der Waals surface area contributed by atoms with Crippen molar-refractivity contribution in [3.63, 3.8) is 0 Å². The van der Waals surface area contributed by atoms with Gasteiger partial charge >= 0.3 is 5.97 Å². The molecule has 1 aromatic carbocycles. The number of nitrogens with two attached hydrogens (primary N) is 1. The molecule has 0 heterocycles. The van der Waals surface area contributed by atoms with Crippen LogP contribution in [0.5, 0.6) is 0 Å². The van der Waals surface area contributed by atoms with Crippen LogP contribution in [0.2, 0.25) is 0 Å². The van der Waals surface area contributed by atoms with Gasteiger partial charge in [-0.15, -0.1) is 0 Å². The number of rotatable bonds is 5. The Hall–Kier alpha value is -2.30. The van der Waals surface area contributed by atoms with Gasteiger partial charge in [0.15, 0.2) is 0 Å².